The highest BCUT2D eigenvalue weighted by atomic mass is 15.3. The number of hydrogen-bond donors (Lipinski definition) is 2. The Bertz CT molecular complexity index is 561. The first kappa shape index (κ1) is 15.7. The van der Waals surface area contributed by atoms with E-state index < -0.39 is 0 Å². The molecule has 21 heavy (non-hydrogen) atoms. The van der Waals surface area contributed by atoms with Gasteiger partial charge in [-0.1, -0.05) is 13.8 Å². The van der Waals surface area contributed by atoms with Crippen molar-refractivity contribution in [1.29, 1.82) is 0 Å². The summed E-state index contributed by atoms with van der Waals surface area (Å²) in [6.07, 6.45) is 5.59. The molecule has 0 saturated heterocycles. The zero-order valence-electron chi connectivity index (χ0n) is 13.1. The number of aromatic nitrogens is 4. The Balaban J connectivity index is 2.04. The Morgan fingerprint density at radius 1 is 1.29 bits per heavy atom. The summed E-state index contributed by atoms with van der Waals surface area (Å²) in [5, 5.41) is 0. The molecule has 0 fully saturated rings. The minimum atomic E-state index is 0.353. The average Bonchev–Trinajstić information content (AvgIpc) is 2.95. The largest absolute Gasteiger partial charge is 0.312 e. The number of hydrogen-bond acceptors (Lipinski definition) is 6. The molecular formula is C14H25N7. The molecule has 2 rings (SSSR count). The number of anilines is 1. The number of nitrogens with one attached hydrogen (secondary N) is 1. The fourth-order valence-corrected chi connectivity index (χ4v) is 2.57. The molecule has 0 aromatic carbocycles. The van der Waals surface area contributed by atoms with E-state index in [1.165, 1.54) is 6.33 Å². The second kappa shape index (κ2) is 7.33. The van der Waals surface area contributed by atoms with Crippen LogP contribution in [-0.4, -0.2) is 44.1 Å². The van der Waals surface area contributed by atoms with E-state index in [0.717, 1.165) is 43.6 Å². The smallest absolute Gasteiger partial charge is 0.171 e. The number of hydrazine groups is 1. The number of fused-ring (bicyclic) bond motifs is 1. The predicted octanol–water partition coefficient (Wildman–Crippen LogP) is 1.79. The maximum Gasteiger partial charge on any atom is 0.171 e. The number of nitrogens with two attached hydrogens (primary N) is 1. The van der Waals surface area contributed by atoms with Gasteiger partial charge in [-0.05, 0) is 39.4 Å². The first-order chi connectivity index (χ1) is 10.2. The monoisotopic (exact) mass is 291 g/mol. The average molecular weight is 291 g/mol. The zero-order chi connectivity index (χ0) is 15.2. The van der Waals surface area contributed by atoms with E-state index in [-0.39, 0.29) is 0 Å². The Hall–Kier alpha value is -1.73. The van der Waals surface area contributed by atoms with Gasteiger partial charge in [-0.3, -0.25) is 0 Å². The van der Waals surface area contributed by atoms with Crippen molar-refractivity contribution >= 4 is 17.0 Å². The van der Waals surface area contributed by atoms with Crippen LogP contribution in [0, 0.1) is 0 Å². The first-order valence-corrected chi connectivity index (χ1v) is 7.57. The maximum atomic E-state index is 5.45. The number of nitrogens with zero attached hydrogens (tertiary/aromatic N) is 5. The highest BCUT2D eigenvalue weighted by molar-refractivity contribution is 5.82. The van der Waals surface area contributed by atoms with Crippen LogP contribution in [0.15, 0.2) is 12.7 Å². The lowest BCUT2D eigenvalue weighted by atomic mass is 10.1. The van der Waals surface area contributed by atoms with E-state index in [1.807, 2.05) is 6.33 Å². The van der Waals surface area contributed by atoms with Crippen LogP contribution in [0.5, 0.6) is 0 Å². The summed E-state index contributed by atoms with van der Waals surface area (Å²) in [5.74, 6) is 6.01. The van der Waals surface area contributed by atoms with Gasteiger partial charge in [0.05, 0.1) is 6.33 Å². The predicted molar refractivity (Wildman–Crippen MR) is 84.9 cm³/mol. The molecule has 0 aliphatic carbocycles. The number of rotatable bonds is 8. The summed E-state index contributed by atoms with van der Waals surface area (Å²) in [6.45, 7) is 9.95. The molecule has 0 aliphatic rings. The fourth-order valence-electron chi connectivity index (χ4n) is 2.57. The van der Waals surface area contributed by atoms with Crippen LogP contribution in [0.3, 0.4) is 0 Å². The molecule has 1 atom stereocenters. The van der Waals surface area contributed by atoms with Gasteiger partial charge in [0.15, 0.2) is 17.0 Å². The molecule has 0 saturated carbocycles. The topological polar surface area (TPSA) is 84.9 Å². The summed E-state index contributed by atoms with van der Waals surface area (Å²) in [7, 11) is 0. The van der Waals surface area contributed by atoms with Crippen LogP contribution < -0.4 is 11.3 Å². The maximum absolute atomic E-state index is 5.45. The van der Waals surface area contributed by atoms with Gasteiger partial charge < -0.3 is 14.9 Å². The SMILES string of the molecule is CCN(CC)CCCC(C)n1cnc2c(NN)ncnc21. The molecule has 0 aliphatic heterocycles. The van der Waals surface area contributed by atoms with Crippen LogP contribution in [0.25, 0.3) is 11.2 Å². The molecule has 1 unspecified atom stereocenters. The van der Waals surface area contributed by atoms with Crippen LogP contribution in [0.4, 0.5) is 5.82 Å². The lowest BCUT2D eigenvalue weighted by Gasteiger charge is -2.19. The molecule has 3 N–H and O–H groups in total. The third-order valence-electron chi connectivity index (χ3n) is 3.96. The van der Waals surface area contributed by atoms with Gasteiger partial charge in [0, 0.05) is 6.04 Å². The Morgan fingerprint density at radius 3 is 2.71 bits per heavy atom. The summed E-state index contributed by atoms with van der Waals surface area (Å²) >= 11 is 0. The molecule has 0 spiro atoms. The molecule has 0 amide bonds. The van der Waals surface area contributed by atoms with E-state index in [2.05, 4.69) is 50.6 Å². The molecule has 2 aromatic heterocycles. The molecule has 7 heteroatoms. The van der Waals surface area contributed by atoms with E-state index in [9.17, 15) is 0 Å². The zero-order valence-corrected chi connectivity index (χ0v) is 13.1. The van der Waals surface area contributed by atoms with Gasteiger partial charge in [0.1, 0.15) is 6.33 Å². The molecule has 2 heterocycles. The molecule has 116 valence electrons. The van der Waals surface area contributed by atoms with Gasteiger partial charge in [0.2, 0.25) is 0 Å². The summed E-state index contributed by atoms with van der Waals surface area (Å²) in [6, 6.07) is 0.353. The third kappa shape index (κ3) is 3.48. The minimum Gasteiger partial charge on any atom is -0.312 e. The third-order valence-corrected chi connectivity index (χ3v) is 3.96. The van der Waals surface area contributed by atoms with Gasteiger partial charge >= 0.3 is 0 Å². The second-order valence-corrected chi connectivity index (χ2v) is 5.21. The van der Waals surface area contributed by atoms with Crippen molar-refractivity contribution < 1.29 is 0 Å². The summed E-state index contributed by atoms with van der Waals surface area (Å²) in [4.78, 5) is 15.2. The fraction of sp³-hybridized carbons (Fsp3) is 0.643. The van der Waals surface area contributed by atoms with Crippen molar-refractivity contribution in [3.05, 3.63) is 12.7 Å². The number of imidazole rings is 1. The second-order valence-electron chi connectivity index (χ2n) is 5.21. The Morgan fingerprint density at radius 2 is 2.05 bits per heavy atom. The quantitative estimate of drug-likeness (QED) is 0.570. The molecule has 0 bridgehead atoms. The van der Waals surface area contributed by atoms with Crippen LogP contribution in [0.2, 0.25) is 0 Å². The van der Waals surface area contributed by atoms with Crippen molar-refractivity contribution in [2.75, 3.05) is 25.1 Å². The van der Waals surface area contributed by atoms with E-state index in [4.69, 9.17) is 5.84 Å². The van der Waals surface area contributed by atoms with Crippen LogP contribution in [0.1, 0.15) is 39.7 Å². The summed E-state index contributed by atoms with van der Waals surface area (Å²) < 4.78 is 2.10. The van der Waals surface area contributed by atoms with E-state index >= 15 is 0 Å². The van der Waals surface area contributed by atoms with Crippen molar-refractivity contribution in [3.63, 3.8) is 0 Å². The molecule has 0 radical (unpaired) electrons. The van der Waals surface area contributed by atoms with E-state index in [0.29, 0.717) is 11.9 Å². The highest BCUT2D eigenvalue weighted by Crippen LogP contribution is 2.22. The molecule has 7 nitrogen and oxygen atoms in total. The standard InChI is InChI=1S/C14H25N7/c1-4-20(5-2)8-6-7-11(3)21-10-18-12-13(19-15)16-9-17-14(12)21/h9-11H,4-8,15H2,1-3H3,(H,16,17,19). The van der Waals surface area contributed by atoms with Crippen molar-refractivity contribution in [2.45, 2.75) is 39.7 Å². The van der Waals surface area contributed by atoms with Crippen molar-refractivity contribution in [1.82, 2.24) is 24.4 Å². The normalized spacial score (nSPS) is 13.0. The minimum absolute atomic E-state index is 0.353. The first-order valence-electron chi connectivity index (χ1n) is 7.57. The van der Waals surface area contributed by atoms with Crippen LogP contribution >= 0.6 is 0 Å². The van der Waals surface area contributed by atoms with E-state index in [1.54, 1.807) is 0 Å². The van der Waals surface area contributed by atoms with Gasteiger partial charge in [0.25, 0.3) is 0 Å². The lowest BCUT2D eigenvalue weighted by Crippen LogP contribution is -2.24. The highest BCUT2D eigenvalue weighted by Gasteiger charge is 2.13. The lowest BCUT2D eigenvalue weighted by molar-refractivity contribution is 0.288. The summed E-state index contributed by atoms with van der Waals surface area (Å²) in [5.41, 5.74) is 4.11. The van der Waals surface area contributed by atoms with Crippen molar-refractivity contribution in [2.24, 2.45) is 5.84 Å². The van der Waals surface area contributed by atoms with Crippen LogP contribution in [-0.2, 0) is 0 Å². The number of nitrogen functional groups attached to an aromatic ring is 1. The Labute approximate surface area is 125 Å². The Kier molecular flexibility index (Phi) is 5.46. The van der Waals surface area contributed by atoms with Crippen molar-refractivity contribution in [3.8, 4) is 0 Å². The van der Waals surface area contributed by atoms with Gasteiger partial charge in [-0.2, -0.15) is 0 Å². The molecular weight excluding hydrogens is 266 g/mol. The van der Waals surface area contributed by atoms with Gasteiger partial charge in [-0.25, -0.2) is 20.8 Å². The molecule has 2 aromatic rings. The van der Waals surface area contributed by atoms with Gasteiger partial charge in [-0.15, -0.1) is 0 Å².